The van der Waals surface area contributed by atoms with E-state index >= 15 is 0 Å². The molecule has 0 bridgehead atoms. The van der Waals surface area contributed by atoms with Crippen LogP contribution in [-0.2, 0) is 0 Å². The first-order valence-corrected chi connectivity index (χ1v) is 6.50. The van der Waals surface area contributed by atoms with Gasteiger partial charge in [-0.15, -0.1) is 0 Å². The number of rotatable bonds is 3. The Kier molecular flexibility index (Phi) is 3.02. The third-order valence-electron chi connectivity index (χ3n) is 3.60. The van der Waals surface area contributed by atoms with Gasteiger partial charge in [0.25, 0.3) is 5.69 Å². The molecule has 6 nitrogen and oxygen atoms in total. The molecule has 0 saturated heterocycles. The van der Waals surface area contributed by atoms with Crippen molar-refractivity contribution in [3.05, 3.63) is 40.2 Å². The summed E-state index contributed by atoms with van der Waals surface area (Å²) in [5, 5.41) is 12.3. The summed E-state index contributed by atoms with van der Waals surface area (Å²) in [6.07, 6.45) is 3.27. The minimum absolute atomic E-state index is 0.0464. The predicted molar refractivity (Wildman–Crippen MR) is 74.8 cm³/mol. The Balaban J connectivity index is 2.06. The van der Waals surface area contributed by atoms with Gasteiger partial charge in [0, 0.05) is 29.4 Å². The molecule has 1 heterocycles. The molecule has 6 heteroatoms. The quantitative estimate of drug-likeness (QED) is 0.684. The van der Waals surface area contributed by atoms with Crippen LogP contribution in [0.15, 0.2) is 24.4 Å². The molecule has 0 atom stereocenters. The molecule has 1 saturated carbocycles. The normalized spacial score (nSPS) is 21.5. The molecule has 0 unspecified atom stereocenters. The second-order valence-corrected chi connectivity index (χ2v) is 5.18. The van der Waals surface area contributed by atoms with Crippen LogP contribution in [0.4, 0.5) is 5.69 Å². The number of pyridine rings is 1. The first-order chi connectivity index (χ1) is 9.54. The predicted octanol–water partition coefficient (Wildman–Crippen LogP) is 2.32. The second kappa shape index (κ2) is 4.72. The van der Waals surface area contributed by atoms with E-state index in [4.69, 9.17) is 10.5 Å². The van der Waals surface area contributed by atoms with Gasteiger partial charge in [0.2, 0.25) is 0 Å². The van der Waals surface area contributed by atoms with Crippen LogP contribution in [0.5, 0.6) is 5.75 Å². The van der Waals surface area contributed by atoms with Crippen molar-refractivity contribution in [2.75, 3.05) is 0 Å². The molecule has 3 rings (SSSR count). The lowest BCUT2D eigenvalue weighted by atomic mass is 9.90. The van der Waals surface area contributed by atoms with Gasteiger partial charge in [-0.05, 0) is 31.9 Å². The standard InChI is InChI=1S/C14H15N3O3/c1-8-4-11-12(7-16-8)13(17(18)19)2-3-14(11)20-10-5-9(15)6-10/h2-4,7,9-10H,5-6,15H2,1H3. The number of hydrogen-bond acceptors (Lipinski definition) is 5. The summed E-state index contributed by atoms with van der Waals surface area (Å²) in [4.78, 5) is 14.8. The van der Waals surface area contributed by atoms with E-state index in [0.29, 0.717) is 11.1 Å². The van der Waals surface area contributed by atoms with E-state index in [0.717, 1.165) is 23.9 Å². The van der Waals surface area contributed by atoms with Crippen molar-refractivity contribution in [1.29, 1.82) is 0 Å². The largest absolute Gasteiger partial charge is 0.490 e. The Labute approximate surface area is 115 Å². The van der Waals surface area contributed by atoms with Gasteiger partial charge in [-0.25, -0.2) is 0 Å². The molecule has 1 aliphatic carbocycles. The number of aromatic nitrogens is 1. The first-order valence-electron chi connectivity index (χ1n) is 6.50. The average molecular weight is 273 g/mol. The molecule has 1 aromatic heterocycles. The van der Waals surface area contributed by atoms with Crippen LogP contribution in [0.25, 0.3) is 10.8 Å². The number of nitrogens with zero attached hydrogens (tertiary/aromatic N) is 2. The molecule has 1 aliphatic rings. The van der Waals surface area contributed by atoms with Gasteiger partial charge in [-0.3, -0.25) is 15.1 Å². The summed E-state index contributed by atoms with van der Waals surface area (Å²) >= 11 is 0. The van der Waals surface area contributed by atoms with Crippen molar-refractivity contribution in [2.45, 2.75) is 31.9 Å². The highest BCUT2D eigenvalue weighted by Crippen LogP contribution is 2.35. The van der Waals surface area contributed by atoms with Gasteiger partial charge < -0.3 is 10.5 Å². The van der Waals surface area contributed by atoms with Gasteiger partial charge in [0.05, 0.1) is 10.3 Å². The lowest BCUT2D eigenvalue weighted by Crippen LogP contribution is -2.43. The molecule has 1 fully saturated rings. The van der Waals surface area contributed by atoms with E-state index in [-0.39, 0.29) is 17.8 Å². The van der Waals surface area contributed by atoms with E-state index in [1.165, 1.54) is 12.3 Å². The molecule has 20 heavy (non-hydrogen) atoms. The van der Waals surface area contributed by atoms with Crippen molar-refractivity contribution >= 4 is 16.5 Å². The summed E-state index contributed by atoms with van der Waals surface area (Å²) in [5.74, 6) is 0.660. The fourth-order valence-corrected chi connectivity index (χ4v) is 2.45. The smallest absolute Gasteiger partial charge is 0.279 e. The van der Waals surface area contributed by atoms with Crippen LogP contribution in [0.3, 0.4) is 0 Å². The van der Waals surface area contributed by atoms with Crippen molar-refractivity contribution in [1.82, 2.24) is 4.98 Å². The summed E-state index contributed by atoms with van der Waals surface area (Å²) in [6, 6.07) is 5.14. The third kappa shape index (κ3) is 2.18. The number of ether oxygens (including phenoxy) is 1. The fraction of sp³-hybridized carbons (Fsp3) is 0.357. The van der Waals surface area contributed by atoms with Crippen LogP contribution in [0.2, 0.25) is 0 Å². The fourth-order valence-electron chi connectivity index (χ4n) is 2.45. The lowest BCUT2D eigenvalue weighted by molar-refractivity contribution is -0.383. The van der Waals surface area contributed by atoms with Gasteiger partial charge in [0.1, 0.15) is 11.9 Å². The number of aryl methyl sites for hydroxylation is 1. The van der Waals surface area contributed by atoms with Crippen LogP contribution in [-0.4, -0.2) is 22.1 Å². The maximum Gasteiger partial charge on any atom is 0.279 e. The SMILES string of the molecule is Cc1cc2c(OC3CC(N)C3)ccc([N+](=O)[O-])c2cn1. The van der Waals surface area contributed by atoms with E-state index in [2.05, 4.69) is 4.98 Å². The number of nitro benzene ring substituents is 1. The van der Waals surface area contributed by atoms with Gasteiger partial charge in [0.15, 0.2) is 0 Å². The van der Waals surface area contributed by atoms with Gasteiger partial charge in [-0.2, -0.15) is 0 Å². The molecular weight excluding hydrogens is 258 g/mol. The second-order valence-electron chi connectivity index (χ2n) is 5.18. The number of fused-ring (bicyclic) bond motifs is 1. The zero-order valence-corrected chi connectivity index (χ0v) is 11.1. The Morgan fingerprint density at radius 3 is 2.80 bits per heavy atom. The Hall–Kier alpha value is -2.21. The van der Waals surface area contributed by atoms with Gasteiger partial charge >= 0.3 is 0 Å². The maximum absolute atomic E-state index is 11.1. The van der Waals surface area contributed by atoms with Crippen LogP contribution in [0, 0.1) is 17.0 Å². The van der Waals surface area contributed by atoms with Crippen LogP contribution < -0.4 is 10.5 Å². The van der Waals surface area contributed by atoms with Crippen molar-refractivity contribution in [3.63, 3.8) is 0 Å². The molecule has 2 aromatic rings. The van der Waals surface area contributed by atoms with Crippen LogP contribution in [0.1, 0.15) is 18.5 Å². The molecule has 0 aliphatic heterocycles. The highest BCUT2D eigenvalue weighted by Gasteiger charge is 2.28. The van der Waals surface area contributed by atoms with Crippen molar-refractivity contribution < 1.29 is 9.66 Å². The monoisotopic (exact) mass is 273 g/mol. The van der Waals surface area contributed by atoms with E-state index < -0.39 is 4.92 Å². The Morgan fingerprint density at radius 1 is 1.40 bits per heavy atom. The third-order valence-corrected chi connectivity index (χ3v) is 3.60. The summed E-state index contributed by atoms with van der Waals surface area (Å²) in [6.45, 7) is 1.85. The molecule has 0 radical (unpaired) electrons. The molecule has 0 spiro atoms. The number of benzene rings is 1. The van der Waals surface area contributed by atoms with Crippen molar-refractivity contribution in [2.24, 2.45) is 5.73 Å². The molecule has 1 aromatic carbocycles. The molecular formula is C14H15N3O3. The lowest BCUT2D eigenvalue weighted by Gasteiger charge is -2.32. The number of nitrogens with two attached hydrogens (primary N) is 1. The highest BCUT2D eigenvalue weighted by atomic mass is 16.6. The Morgan fingerprint density at radius 2 is 2.15 bits per heavy atom. The van der Waals surface area contributed by atoms with E-state index in [1.54, 1.807) is 6.07 Å². The number of nitro groups is 1. The molecule has 104 valence electrons. The number of non-ortho nitro benzene ring substituents is 1. The minimum Gasteiger partial charge on any atom is -0.490 e. The Bertz CT molecular complexity index is 681. The van der Waals surface area contributed by atoms with Crippen LogP contribution >= 0.6 is 0 Å². The summed E-state index contributed by atoms with van der Waals surface area (Å²) in [7, 11) is 0. The van der Waals surface area contributed by atoms with Crippen molar-refractivity contribution in [3.8, 4) is 5.75 Å². The summed E-state index contributed by atoms with van der Waals surface area (Å²) < 4.78 is 5.89. The first kappa shape index (κ1) is 12.8. The van der Waals surface area contributed by atoms with E-state index in [1.807, 2.05) is 13.0 Å². The molecule has 2 N–H and O–H groups in total. The number of hydrogen-bond donors (Lipinski definition) is 1. The minimum atomic E-state index is -0.400. The maximum atomic E-state index is 11.1. The summed E-state index contributed by atoms with van der Waals surface area (Å²) in [5.41, 5.74) is 6.59. The van der Waals surface area contributed by atoms with Gasteiger partial charge in [-0.1, -0.05) is 0 Å². The topological polar surface area (TPSA) is 91.3 Å². The average Bonchev–Trinajstić information content (AvgIpc) is 2.36. The highest BCUT2D eigenvalue weighted by molar-refractivity contribution is 5.95. The molecule has 0 amide bonds. The zero-order chi connectivity index (χ0) is 14.3. The zero-order valence-electron chi connectivity index (χ0n) is 11.1. The van der Waals surface area contributed by atoms with E-state index in [9.17, 15) is 10.1 Å².